The molecule has 0 aliphatic heterocycles. The number of ether oxygens (including phenoxy) is 2. The molecule has 8 fully saturated rings. The van der Waals surface area contributed by atoms with Crippen LogP contribution in [0, 0.1) is 87.8 Å². The van der Waals surface area contributed by atoms with E-state index in [2.05, 4.69) is 0 Å². The van der Waals surface area contributed by atoms with E-state index in [-0.39, 0.29) is 23.3 Å². The molecular formula is C34H36N4O12. The van der Waals surface area contributed by atoms with Crippen LogP contribution in [0.4, 0.5) is 22.7 Å². The van der Waals surface area contributed by atoms with Gasteiger partial charge in [0.1, 0.15) is 23.3 Å². The van der Waals surface area contributed by atoms with Gasteiger partial charge in [-0.1, -0.05) is 0 Å². The smallest absolute Gasteiger partial charge is 0.345 e. The molecule has 8 aliphatic rings. The molecule has 0 saturated heterocycles. The summed E-state index contributed by atoms with van der Waals surface area (Å²) in [6, 6.07) is 6.06. The van der Waals surface area contributed by atoms with E-state index in [1.54, 1.807) is 0 Å². The lowest BCUT2D eigenvalue weighted by atomic mass is 9.55. The van der Waals surface area contributed by atoms with Gasteiger partial charge in [-0.05, 0) is 124 Å². The summed E-state index contributed by atoms with van der Waals surface area (Å²) < 4.78 is 11.4. The average molecular weight is 693 g/mol. The number of nitro groups is 4. The SMILES string of the molecule is O=C(OC1C2CC3CC(C2)CC1C3)c1ccc([N+](=O)[O-])cc1[N+](=O)[O-].O=C(OC1C2CC3CC(C2)CC1C3)c1ccc([N+](=O)[O-])cc1[N+](=O)[O-]. The maximum atomic E-state index is 12.5. The fourth-order valence-electron chi connectivity index (χ4n) is 10.4. The summed E-state index contributed by atoms with van der Waals surface area (Å²) in [7, 11) is 0. The van der Waals surface area contributed by atoms with E-state index in [4.69, 9.17) is 9.47 Å². The van der Waals surface area contributed by atoms with Gasteiger partial charge in [-0.15, -0.1) is 0 Å². The lowest BCUT2D eigenvalue weighted by molar-refractivity contribution is -0.394. The van der Waals surface area contributed by atoms with Crippen molar-refractivity contribution in [2.75, 3.05) is 0 Å². The van der Waals surface area contributed by atoms with Crippen LogP contribution in [0.5, 0.6) is 0 Å². The number of hydrogen-bond donors (Lipinski definition) is 0. The van der Waals surface area contributed by atoms with Crippen LogP contribution in [-0.2, 0) is 9.47 Å². The Bertz CT molecular complexity index is 1590. The summed E-state index contributed by atoms with van der Waals surface area (Å²) in [6.45, 7) is 0. The zero-order valence-electron chi connectivity index (χ0n) is 27.0. The molecule has 2 aromatic rings. The van der Waals surface area contributed by atoms with Crippen molar-refractivity contribution in [3.8, 4) is 0 Å². The summed E-state index contributed by atoms with van der Waals surface area (Å²) in [5.74, 6) is 2.79. The minimum absolute atomic E-state index is 0.185. The van der Waals surface area contributed by atoms with E-state index in [0.29, 0.717) is 23.7 Å². The Kier molecular flexibility index (Phi) is 8.72. The van der Waals surface area contributed by atoms with Crippen LogP contribution in [-0.4, -0.2) is 43.8 Å². The second-order valence-electron chi connectivity index (χ2n) is 15.0. The number of benzene rings is 2. The van der Waals surface area contributed by atoms with E-state index in [0.717, 1.165) is 111 Å². The van der Waals surface area contributed by atoms with Gasteiger partial charge >= 0.3 is 11.9 Å². The third-order valence-corrected chi connectivity index (χ3v) is 12.0. The minimum Gasteiger partial charge on any atom is -0.458 e. The molecule has 16 nitrogen and oxygen atoms in total. The first-order valence-electron chi connectivity index (χ1n) is 17.1. The van der Waals surface area contributed by atoms with Crippen LogP contribution in [0.2, 0.25) is 0 Å². The molecule has 0 aromatic heterocycles. The zero-order valence-corrected chi connectivity index (χ0v) is 27.0. The lowest BCUT2D eigenvalue weighted by Crippen LogP contribution is -2.50. The molecule has 8 saturated carbocycles. The van der Waals surface area contributed by atoms with Gasteiger partial charge in [0.25, 0.3) is 22.7 Å². The van der Waals surface area contributed by atoms with Crippen molar-refractivity contribution in [3.63, 3.8) is 0 Å². The van der Waals surface area contributed by atoms with Crippen molar-refractivity contribution in [2.24, 2.45) is 47.3 Å². The van der Waals surface area contributed by atoms with Crippen molar-refractivity contribution in [1.29, 1.82) is 0 Å². The predicted molar refractivity (Wildman–Crippen MR) is 172 cm³/mol. The Morgan fingerprint density at radius 2 is 0.780 bits per heavy atom. The summed E-state index contributed by atoms with van der Waals surface area (Å²) >= 11 is 0. The van der Waals surface area contributed by atoms with Gasteiger partial charge in [-0.3, -0.25) is 40.5 Å². The van der Waals surface area contributed by atoms with Crippen molar-refractivity contribution in [3.05, 3.63) is 88.0 Å². The first kappa shape index (κ1) is 33.5. The molecule has 10 rings (SSSR count). The average Bonchev–Trinajstić information content (AvgIpc) is 3.06. The molecule has 16 heteroatoms. The second-order valence-corrected chi connectivity index (χ2v) is 15.0. The highest BCUT2D eigenvalue weighted by atomic mass is 16.6. The largest absolute Gasteiger partial charge is 0.458 e. The molecule has 8 aliphatic carbocycles. The highest BCUT2D eigenvalue weighted by Crippen LogP contribution is 2.56. The molecule has 0 amide bonds. The molecule has 0 unspecified atom stereocenters. The summed E-state index contributed by atoms with van der Waals surface area (Å²) in [6.07, 6.45) is 10.7. The van der Waals surface area contributed by atoms with E-state index in [9.17, 15) is 50.0 Å². The van der Waals surface area contributed by atoms with Crippen LogP contribution in [0.1, 0.15) is 84.9 Å². The fourth-order valence-corrected chi connectivity index (χ4v) is 10.4. The number of rotatable bonds is 8. The fraction of sp³-hybridized carbons (Fsp3) is 0.588. The maximum absolute atomic E-state index is 12.5. The number of nitro benzene ring substituents is 4. The van der Waals surface area contributed by atoms with Crippen LogP contribution < -0.4 is 0 Å². The standard InChI is InChI=1S/2C17H18N2O6/c2*20-17(14-2-1-13(18(21)22)8-15(14)19(23)24)25-16-11-4-9-3-10(6-11)7-12(16)5-9/h2*1-2,8-12,16H,3-7H2. The maximum Gasteiger partial charge on any atom is 0.345 e. The van der Waals surface area contributed by atoms with Gasteiger partial charge < -0.3 is 9.47 Å². The predicted octanol–water partition coefficient (Wildman–Crippen LogP) is 6.97. The van der Waals surface area contributed by atoms with Gasteiger partial charge in [-0.25, -0.2) is 9.59 Å². The van der Waals surface area contributed by atoms with Crippen LogP contribution in [0.3, 0.4) is 0 Å². The normalized spacial score (nSPS) is 32.4. The van der Waals surface area contributed by atoms with E-state index >= 15 is 0 Å². The number of hydrogen-bond acceptors (Lipinski definition) is 12. The molecular weight excluding hydrogens is 656 g/mol. The Morgan fingerprint density at radius 1 is 0.480 bits per heavy atom. The number of nitrogens with zero attached hydrogens (tertiary/aromatic N) is 4. The second kappa shape index (κ2) is 13.0. The van der Waals surface area contributed by atoms with Crippen molar-refractivity contribution in [2.45, 2.75) is 76.4 Å². The van der Waals surface area contributed by atoms with Crippen molar-refractivity contribution < 1.29 is 38.8 Å². The van der Waals surface area contributed by atoms with Gasteiger partial charge in [0.05, 0.1) is 31.8 Å². The quantitative estimate of drug-likeness (QED) is 0.155. The molecule has 0 spiro atoms. The van der Waals surface area contributed by atoms with E-state index < -0.39 is 54.4 Å². The lowest BCUT2D eigenvalue weighted by Gasteiger charge is -2.53. The number of esters is 2. The summed E-state index contributed by atoms with van der Waals surface area (Å²) in [4.78, 5) is 66.1. The van der Waals surface area contributed by atoms with Crippen molar-refractivity contribution in [1.82, 2.24) is 0 Å². The Morgan fingerprint density at radius 3 is 1.04 bits per heavy atom. The van der Waals surface area contributed by atoms with Gasteiger partial charge in [0, 0.05) is 12.1 Å². The summed E-state index contributed by atoms with van der Waals surface area (Å²) in [5, 5.41) is 44.0. The van der Waals surface area contributed by atoms with Gasteiger partial charge in [0.15, 0.2) is 0 Å². The number of carbonyl (C=O) groups excluding carboxylic acids is 2. The van der Waals surface area contributed by atoms with E-state index in [1.165, 1.54) is 12.8 Å². The third kappa shape index (κ3) is 6.38. The van der Waals surface area contributed by atoms with Crippen LogP contribution in [0.25, 0.3) is 0 Å². The molecule has 264 valence electrons. The number of non-ortho nitro benzene ring substituents is 2. The monoisotopic (exact) mass is 692 g/mol. The molecule has 0 atom stereocenters. The first-order chi connectivity index (χ1) is 23.8. The van der Waals surface area contributed by atoms with E-state index in [1.807, 2.05) is 0 Å². The van der Waals surface area contributed by atoms with Gasteiger partial charge in [0.2, 0.25) is 0 Å². The molecule has 0 heterocycles. The third-order valence-electron chi connectivity index (χ3n) is 12.0. The molecule has 0 radical (unpaired) electrons. The Labute approximate surface area is 285 Å². The van der Waals surface area contributed by atoms with Crippen LogP contribution in [0.15, 0.2) is 36.4 Å². The zero-order chi connectivity index (χ0) is 35.4. The molecule has 2 aromatic carbocycles. The Balaban J connectivity index is 0.000000157. The Hall–Kier alpha value is -5.02. The molecule has 8 bridgehead atoms. The minimum atomic E-state index is -0.777. The highest BCUT2D eigenvalue weighted by Gasteiger charge is 2.51. The van der Waals surface area contributed by atoms with Crippen LogP contribution >= 0.6 is 0 Å². The molecule has 50 heavy (non-hydrogen) atoms. The number of carbonyl (C=O) groups is 2. The topological polar surface area (TPSA) is 225 Å². The summed E-state index contributed by atoms with van der Waals surface area (Å²) in [5.41, 5.74) is -2.43. The highest BCUT2D eigenvalue weighted by molar-refractivity contribution is 5.95. The van der Waals surface area contributed by atoms with Crippen molar-refractivity contribution >= 4 is 34.7 Å². The van der Waals surface area contributed by atoms with Gasteiger partial charge in [-0.2, -0.15) is 0 Å². The first-order valence-corrected chi connectivity index (χ1v) is 17.1. The molecule has 0 N–H and O–H groups in total.